The van der Waals surface area contributed by atoms with Crippen LogP contribution >= 0.6 is 15.9 Å². The quantitative estimate of drug-likeness (QED) is 0.750. The van der Waals surface area contributed by atoms with Gasteiger partial charge >= 0.3 is 0 Å². The lowest BCUT2D eigenvalue weighted by Gasteiger charge is -1.99. The number of hydrogen-bond donors (Lipinski definition) is 2. The summed E-state index contributed by atoms with van der Waals surface area (Å²) in [5.41, 5.74) is 5.25. The standard InChI is InChI=1S/C8H5BrFN3O/c9-4-2-6-3(1-5(4)10)7(14)13-8(11)12-6/h1-2H,(H3,11,12,13,14). The number of rotatable bonds is 0. The van der Waals surface area contributed by atoms with Crippen molar-refractivity contribution in [3.05, 3.63) is 32.8 Å². The van der Waals surface area contributed by atoms with Gasteiger partial charge in [-0.25, -0.2) is 9.37 Å². The Bertz CT molecular complexity index is 566. The van der Waals surface area contributed by atoms with E-state index in [-0.39, 0.29) is 15.8 Å². The molecule has 0 unspecified atom stereocenters. The highest BCUT2D eigenvalue weighted by atomic mass is 79.9. The lowest BCUT2D eigenvalue weighted by atomic mass is 10.2. The van der Waals surface area contributed by atoms with Crippen LogP contribution in [0.15, 0.2) is 21.4 Å². The molecular weight excluding hydrogens is 253 g/mol. The van der Waals surface area contributed by atoms with E-state index >= 15 is 0 Å². The molecular formula is C8H5BrFN3O. The fraction of sp³-hybridized carbons (Fsp3) is 0. The maximum atomic E-state index is 13.1. The van der Waals surface area contributed by atoms with Crippen molar-refractivity contribution in [3.63, 3.8) is 0 Å². The minimum absolute atomic E-state index is 0.0148. The third-order valence-electron chi connectivity index (χ3n) is 1.77. The first kappa shape index (κ1) is 9.14. The first-order chi connectivity index (χ1) is 6.58. The van der Waals surface area contributed by atoms with Crippen molar-refractivity contribution in [2.75, 3.05) is 5.73 Å². The Hall–Kier alpha value is -1.43. The van der Waals surface area contributed by atoms with Gasteiger partial charge in [0.1, 0.15) is 5.82 Å². The molecule has 0 bridgehead atoms. The molecule has 1 heterocycles. The molecule has 0 fully saturated rings. The number of nitrogens with zero attached hydrogens (tertiary/aromatic N) is 1. The molecule has 0 radical (unpaired) electrons. The average Bonchev–Trinajstić information content (AvgIpc) is 2.08. The van der Waals surface area contributed by atoms with Crippen molar-refractivity contribution in [1.82, 2.24) is 9.97 Å². The van der Waals surface area contributed by atoms with E-state index in [1.807, 2.05) is 0 Å². The molecule has 2 aromatic rings. The van der Waals surface area contributed by atoms with Gasteiger partial charge in [-0.05, 0) is 28.1 Å². The maximum Gasteiger partial charge on any atom is 0.260 e. The fourth-order valence-corrected chi connectivity index (χ4v) is 1.48. The monoisotopic (exact) mass is 257 g/mol. The van der Waals surface area contributed by atoms with E-state index in [2.05, 4.69) is 25.9 Å². The molecule has 0 atom stereocenters. The molecule has 0 saturated carbocycles. The summed E-state index contributed by atoms with van der Waals surface area (Å²) in [6.07, 6.45) is 0. The van der Waals surface area contributed by atoms with Gasteiger partial charge < -0.3 is 5.73 Å². The number of halogens is 2. The zero-order valence-electron chi connectivity index (χ0n) is 6.84. The summed E-state index contributed by atoms with van der Waals surface area (Å²) in [5.74, 6) is -0.490. The van der Waals surface area contributed by atoms with Gasteiger partial charge in [0, 0.05) is 0 Å². The molecule has 1 aromatic heterocycles. The molecule has 2 rings (SSSR count). The van der Waals surface area contributed by atoms with Crippen molar-refractivity contribution in [1.29, 1.82) is 0 Å². The van der Waals surface area contributed by atoms with Crippen LogP contribution in [0.4, 0.5) is 10.3 Å². The maximum absolute atomic E-state index is 13.1. The van der Waals surface area contributed by atoms with Crippen molar-refractivity contribution in [2.24, 2.45) is 0 Å². The predicted octanol–water partition coefficient (Wildman–Crippen LogP) is 1.41. The minimum Gasteiger partial charge on any atom is -0.369 e. The summed E-state index contributed by atoms with van der Waals surface area (Å²) in [4.78, 5) is 17.5. The lowest BCUT2D eigenvalue weighted by molar-refractivity contribution is 0.623. The van der Waals surface area contributed by atoms with Crippen LogP contribution in [-0.2, 0) is 0 Å². The van der Waals surface area contributed by atoms with Gasteiger partial charge in [-0.3, -0.25) is 9.78 Å². The normalized spacial score (nSPS) is 10.7. The van der Waals surface area contributed by atoms with Gasteiger partial charge in [0.2, 0.25) is 5.95 Å². The average molecular weight is 258 g/mol. The Labute approximate surface area is 86.1 Å². The molecule has 0 aliphatic heterocycles. The first-order valence-electron chi connectivity index (χ1n) is 3.72. The van der Waals surface area contributed by atoms with Gasteiger partial charge in [-0.1, -0.05) is 0 Å². The van der Waals surface area contributed by atoms with Gasteiger partial charge in [0.15, 0.2) is 0 Å². The highest BCUT2D eigenvalue weighted by molar-refractivity contribution is 9.10. The Morgan fingerprint density at radius 2 is 2.21 bits per heavy atom. The van der Waals surface area contributed by atoms with Crippen LogP contribution in [-0.4, -0.2) is 9.97 Å². The summed E-state index contributed by atoms with van der Waals surface area (Å²) in [7, 11) is 0. The third kappa shape index (κ3) is 1.37. The van der Waals surface area contributed by atoms with Gasteiger partial charge in [0.05, 0.1) is 15.4 Å². The number of aromatic nitrogens is 2. The van der Waals surface area contributed by atoms with E-state index in [1.165, 1.54) is 6.07 Å². The van der Waals surface area contributed by atoms with Crippen molar-refractivity contribution in [3.8, 4) is 0 Å². The highest BCUT2D eigenvalue weighted by Gasteiger charge is 2.06. The Balaban J connectivity index is 2.96. The number of nitrogens with one attached hydrogen (secondary N) is 1. The molecule has 14 heavy (non-hydrogen) atoms. The van der Waals surface area contributed by atoms with E-state index in [1.54, 1.807) is 0 Å². The van der Waals surface area contributed by atoms with E-state index in [0.29, 0.717) is 5.52 Å². The van der Waals surface area contributed by atoms with Crippen LogP contribution in [0.2, 0.25) is 0 Å². The molecule has 0 spiro atoms. The first-order valence-corrected chi connectivity index (χ1v) is 4.52. The van der Waals surface area contributed by atoms with E-state index in [9.17, 15) is 9.18 Å². The van der Waals surface area contributed by atoms with Crippen LogP contribution in [0, 0.1) is 5.82 Å². The molecule has 0 amide bonds. The van der Waals surface area contributed by atoms with E-state index in [4.69, 9.17) is 5.73 Å². The number of benzene rings is 1. The second-order valence-electron chi connectivity index (χ2n) is 2.73. The largest absolute Gasteiger partial charge is 0.369 e. The molecule has 3 N–H and O–H groups in total. The van der Waals surface area contributed by atoms with E-state index < -0.39 is 11.4 Å². The van der Waals surface area contributed by atoms with Crippen LogP contribution < -0.4 is 11.3 Å². The van der Waals surface area contributed by atoms with Crippen molar-refractivity contribution >= 4 is 32.8 Å². The van der Waals surface area contributed by atoms with Crippen LogP contribution in [0.1, 0.15) is 0 Å². The number of fused-ring (bicyclic) bond motifs is 1. The summed E-state index contributed by atoms with van der Waals surface area (Å²) < 4.78 is 13.3. The number of aromatic amines is 1. The highest BCUT2D eigenvalue weighted by Crippen LogP contribution is 2.19. The smallest absolute Gasteiger partial charge is 0.260 e. The minimum atomic E-state index is -0.505. The SMILES string of the molecule is Nc1nc2cc(Br)c(F)cc2c(=O)[nH]1. The van der Waals surface area contributed by atoms with Crippen molar-refractivity contribution < 1.29 is 4.39 Å². The van der Waals surface area contributed by atoms with Crippen molar-refractivity contribution in [2.45, 2.75) is 0 Å². The van der Waals surface area contributed by atoms with Gasteiger partial charge in [-0.2, -0.15) is 0 Å². The van der Waals surface area contributed by atoms with Gasteiger partial charge in [0.25, 0.3) is 5.56 Å². The zero-order chi connectivity index (χ0) is 10.3. The second kappa shape index (κ2) is 3.06. The molecule has 6 heteroatoms. The van der Waals surface area contributed by atoms with E-state index in [0.717, 1.165) is 6.07 Å². The Morgan fingerprint density at radius 3 is 2.93 bits per heavy atom. The predicted molar refractivity (Wildman–Crippen MR) is 54.4 cm³/mol. The Kier molecular flexibility index (Phi) is 1.99. The molecule has 0 saturated heterocycles. The third-order valence-corrected chi connectivity index (χ3v) is 2.37. The molecule has 1 aromatic carbocycles. The lowest BCUT2D eigenvalue weighted by Crippen LogP contribution is -2.11. The molecule has 0 aliphatic carbocycles. The number of nitrogens with two attached hydrogens (primary N) is 1. The molecule has 72 valence electrons. The number of anilines is 1. The topological polar surface area (TPSA) is 71.8 Å². The molecule has 0 aliphatic rings. The summed E-state index contributed by atoms with van der Waals surface area (Å²) >= 11 is 3.00. The molecule has 4 nitrogen and oxygen atoms in total. The Morgan fingerprint density at radius 1 is 1.50 bits per heavy atom. The number of nitrogen functional groups attached to an aromatic ring is 1. The van der Waals surface area contributed by atoms with Gasteiger partial charge in [-0.15, -0.1) is 0 Å². The number of H-pyrrole nitrogens is 1. The second-order valence-corrected chi connectivity index (χ2v) is 3.59. The summed E-state index contributed by atoms with van der Waals surface area (Å²) in [6.45, 7) is 0. The summed E-state index contributed by atoms with van der Waals surface area (Å²) in [5, 5.41) is 0.180. The zero-order valence-corrected chi connectivity index (χ0v) is 8.43. The fourth-order valence-electron chi connectivity index (χ4n) is 1.15. The number of hydrogen-bond acceptors (Lipinski definition) is 3. The van der Waals surface area contributed by atoms with Crippen LogP contribution in [0.5, 0.6) is 0 Å². The summed E-state index contributed by atoms with van der Waals surface area (Å²) in [6, 6.07) is 2.53. The van der Waals surface area contributed by atoms with Crippen LogP contribution in [0.3, 0.4) is 0 Å². The van der Waals surface area contributed by atoms with Crippen LogP contribution in [0.25, 0.3) is 10.9 Å².